The van der Waals surface area contributed by atoms with Crippen LogP contribution in [0.15, 0.2) is 39.9 Å². The van der Waals surface area contributed by atoms with E-state index in [1.54, 1.807) is 19.2 Å². The van der Waals surface area contributed by atoms with E-state index in [9.17, 15) is 19.5 Å². The number of benzene rings is 1. The van der Waals surface area contributed by atoms with Gasteiger partial charge in [0, 0.05) is 25.7 Å². The number of hydrogen-bond acceptors (Lipinski definition) is 6. The maximum Gasteiger partial charge on any atom is 0.333 e. The standard InChI is InChI=1S/C20H18N4O5/c1-22-15(9-10-16(26)29-3)21-18-17(22)19(27)23(2)20(28)24(18)11-5-7-13-6-4-8-14(25)12-13/h4,6,8-10,12,25H,11H2,1-3H3/b10-9+. The van der Waals surface area contributed by atoms with Gasteiger partial charge < -0.3 is 14.4 Å². The topological polar surface area (TPSA) is 108 Å². The van der Waals surface area contributed by atoms with Crippen LogP contribution in [0.5, 0.6) is 5.75 Å². The fraction of sp³-hybridized carbons (Fsp3) is 0.200. The molecule has 0 saturated heterocycles. The minimum absolute atomic E-state index is 0.0176. The van der Waals surface area contributed by atoms with Gasteiger partial charge in [-0.2, -0.15) is 0 Å². The molecule has 0 spiro atoms. The molecule has 1 aromatic carbocycles. The molecule has 3 rings (SSSR count). The number of nitrogens with zero attached hydrogens (tertiary/aromatic N) is 4. The van der Waals surface area contributed by atoms with Crippen LogP contribution in [0.2, 0.25) is 0 Å². The number of imidazole rings is 1. The quantitative estimate of drug-likeness (QED) is 0.391. The molecular weight excluding hydrogens is 376 g/mol. The summed E-state index contributed by atoms with van der Waals surface area (Å²) in [6.45, 7) is -0.0176. The summed E-state index contributed by atoms with van der Waals surface area (Å²) < 4.78 is 8.31. The van der Waals surface area contributed by atoms with E-state index in [-0.39, 0.29) is 23.5 Å². The number of aryl methyl sites for hydroxylation is 1. The van der Waals surface area contributed by atoms with Gasteiger partial charge in [-0.25, -0.2) is 14.6 Å². The van der Waals surface area contributed by atoms with Crippen LogP contribution >= 0.6 is 0 Å². The van der Waals surface area contributed by atoms with Crippen LogP contribution in [0.1, 0.15) is 11.4 Å². The number of fused-ring (bicyclic) bond motifs is 1. The van der Waals surface area contributed by atoms with Crippen LogP contribution in [0.3, 0.4) is 0 Å². The lowest BCUT2D eigenvalue weighted by Gasteiger charge is -2.05. The number of aromatic nitrogens is 4. The number of carbonyl (C=O) groups is 1. The normalized spacial score (nSPS) is 10.9. The van der Waals surface area contributed by atoms with E-state index in [0.717, 1.165) is 4.57 Å². The summed E-state index contributed by atoms with van der Waals surface area (Å²) in [5, 5.41) is 9.51. The molecule has 0 aliphatic heterocycles. The van der Waals surface area contributed by atoms with Gasteiger partial charge >= 0.3 is 11.7 Å². The molecule has 3 aromatic rings. The molecular formula is C20H18N4O5. The Kier molecular flexibility index (Phi) is 5.36. The second-order valence-electron chi connectivity index (χ2n) is 6.14. The van der Waals surface area contributed by atoms with Crippen LogP contribution in [-0.4, -0.2) is 36.9 Å². The number of carbonyl (C=O) groups excluding carboxylic acids is 1. The Labute approximate surface area is 165 Å². The number of aromatic hydroxyl groups is 1. The average Bonchev–Trinajstić information content (AvgIpc) is 3.03. The zero-order chi connectivity index (χ0) is 21.1. The number of rotatable bonds is 3. The van der Waals surface area contributed by atoms with Crippen molar-refractivity contribution in [1.29, 1.82) is 0 Å². The second-order valence-corrected chi connectivity index (χ2v) is 6.14. The highest BCUT2D eigenvalue weighted by Gasteiger charge is 2.17. The molecule has 0 saturated carbocycles. The lowest BCUT2D eigenvalue weighted by molar-refractivity contribution is -0.134. The minimum atomic E-state index is -0.570. The molecule has 9 heteroatoms. The maximum atomic E-state index is 12.6. The van der Waals surface area contributed by atoms with E-state index in [0.29, 0.717) is 11.4 Å². The van der Waals surface area contributed by atoms with Gasteiger partial charge in [0.05, 0.1) is 13.7 Å². The Morgan fingerprint density at radius 2 is 2.03 bits per heavy atom. The van der Waals surface area contributed by atoms with Crippen LogP contribution in [-0.2, 0) is 30.2 Å². The number of phenols is 1. The third-order valence-electron chi connectivity index (χ3n) is 4.28. The van der Waals surface area contributed by atoms with Crippen molar-refractivity contribution in [2.24, 2.45) is 14.1 Å². The van der Waals surface area contributed by atoms with Gasteiger partial charge in [-0.3, -0.25) is 13.9 Å². The molecule has 0 aliphatic carbocycles. The van der Waals surface area contributed by atoms with E-state index in [4.69, 9.17) is 0 Å². The van der Waals surface area contributed by atoms with Crippen molar-refractivity contribution in [2.45, 2.75) is 6.54 Å². The number of phenolic OH excluding ortho intramolecular Hbond substituents is 1. The molecule has 0 atom stereocenters. The molecule has 2 aromatic heterocycles. The highest BCUT2D eigenvalue weighted by Crippen LogP contribution is 2.12. The number of ether oxygens (including phenoxy) is 1. The third-order valence-corrected chi connectivity index (χ3v) is 4.28. The molecule has 0 radical (unpaired) electrons. The fourth-order valence-corrected chi connectivity index (χ4v) is 2.75. The molecule has 0 fully saturated rings. The Morgan fingerprint density at radius 1 is 1.28 bits per heavy atom. The van der Waals surface area contributed by atoms with Crippen LogP contribution in [0.25, 0.3) is 17.2 Å². The Bertz CT molecular complexity index is 1310. The first-order valence-corrected chi connectivity index (χ1v) is 8.53. The largest absolute Gasteiger partial charge is 0.508 e. The summed E-state index contributed by atoms with van der Waals surface area (Å²) in [4.78, 5) is 40.9. The van der Waals surface area contributed by atoms with Crippen molar-refractivity contribution in [2.75, 3.05) is 7.11 Å². The van der Waals surface area contributed by atoms with Crippen LogP contribution in [0, 0.1) is 11.8 Å². The monoisotopic (exact) mass is 394 g/mol. The molecule has 0 bridgehead atoms. The van der Waals surface area contributed by atoms with Crippen molar-refractivity contribution in [3.8, 4) is 17.6 Å². The first-order chi connectivity index (χ1) is 13.8. The molecule has 2 heterocycles. The van der Waals surface area contributed by atoms with Gasteiger partial charge in [0.2, 0.25) is 0 Å². The van der Waals surface area contributed by atoms with Gasteiger partial charge in [-0.15, -0.1) is 0 Å². The predicted octanol–water partition coefficient (Wildman–Crippen LogP) is 0.377. The second kappa shape index (κ2) is 7.90. The SMILES string of the molecule is COC(=O)/C=C/c1nc2c(c(=O)n(C)c(=O)n2CC#Cc2cccc(O)c2)n1C. The van der Waals surface area contributed by atoms with Crippen LogP contribution in [0.4, 0.5) is 0 Å². The molecule has 148 valence electrons. The van der Waals surface area contributed by atoms with E-state index in [1.165, 1.54) is 47.6 Å². The first kappa shape index (κ1) is 19.7. The minimum Gasteiger partial charge on any atom is -0.508 e. The number of esters is 1. The lowest BCUT2D eigenvalue weighted by atomic mass is 10.2. The average molecular weight is 394 g/mol. The molecule has 29 heavy (non-hydrogen) atoms. The summed E-state index contributed by atoms with van der Waals surface area (Å²) >= 11 is 0. The zero-order valence-electron chi connectivity index (χ0n) is 16.0. The first-order valence-electron chi connectivity index (χ1n) is 8.53. The summed E-state index contributed by atoms with van der Waals surface area (Å²) in [7, 11) is 4.24. The lowest BCUT2D eigenvalue weighted by Crippen LogP contribution is -2.38. The Balaban J connectivity index is 2.12. The molecule has 1 N–H and O–H groups in total. The van der Waals surface area contributed by atoms with Gasteiger partial charge in [0.1, 0.15) is 11.6 Å². The van der Waals surface area contributed by atoms with Crippen molar-refractivity contribution in [3.63, 3.8) is 0 Å². The van der Waals surface area contributed by atoms with E-state index in [2.05, 4.69) is 21.6 Å². The van der Waals surface area contributed by atoms with Crippen molar-refractivity contribution in [1.82, 2.24) is 18.7 Å². The number of methoxy groups -OCH3 is 1. The molecule has 9 nitrogen and oxygen atoms in total. The van der Waals surface area contributed by atoms with Crippen molar-refractivity contribution >= 4 is 23.2 Å². The molecule has 0 aliphatic rings. The zero-order valence-corrected chi connectivity index (χ0v) is 16.0. The van der Waals surface area contributed by atoms with Crippen LogP contribution < -0.4 is 11.2 Å². The Hall–Kier alpha value is -4.06. The fourth-order valence-electron chi connectivity index (χ4n) is 2.75. The van der Waals surface area contributed by atoms with Gasteiger partial charge in [-0.05, 0) is 24.3 Å². The van der Waals surface area contributed by atoms with E-state index < -0.39 is 17.2 Å². The van der Waals surface area contributed by atoms with Gasteiger partial charge in [-0.1, -0.05) is 17.9 Å². The number of hydrogen-bond donors (Lipinski definition) is 1. The molecule has 0 unspecified atom stereocenters. The van der Waals surface area contributed by atoms with E-state index in [1.807, 2.05) is 0 Å². The van der Waals surface area contributed by atoms with E-state index >= 15 is 0 Å². The maximum absolute atomic E-state index is 12.6. The predicted molar refractivity (Wildman–Crippen MR) is 106 cm³/mol. The summed E-state index contributed by atoms with van der Waals surface area (Å²) in [6.07, 6.45) is 2.58. The summed E-state index contributed by atoms with van der Waals surface area (Å²) in [5.74, 6) is 5.55. The van der Waals surface area contributed by atoms with Crippen molar-refractivity contribution < 1.29 is 14.6 Å². The summed E-state index contributed by atoms with van der Waals surface area (Å²) in [6, 6.07) is 6.42. The van der Waals surface area contributed by atoms with Gasteiger partial charge in [0.25, 0.3) is 5.56 Å². The smallest absolute Gasteiger partial charge is 0.333 e. The molecule has 0 amide bonds. The summed E-state index contributed by atoms with van der Waals surface area (Å²) in [5.41, 5.74) is -0.114. The Morgan fingerprint density at radius 3 is 2.72 bits per heavy atom. The highest BCUT2D eigenvalue weighted by molar-refractivity contribution is 5.87. The third kappa shape index (κ3) is 3.82. The van der Waals surface area contributed by atoms with Crippen molar-refractivity contribution in [3.05, 3.63) is 62.6 Å². The van der Waals surface area contributed by atoms with Gasteiger partial charge in [0.15, 0.2) is 11.2 Å². The highest BCUT2D eigenvalue weighted by atomic mass is 16.5.